The lowest BCUT2D eigenvalue weighted by Crippen LogP contribution is -2.09. The van der Waals surface area contributed by atoms with Crippen molar-refractivity contribution in [2.45, 2.75) is 4.90 Å². The number of ether oxygens (including phenoxy) is 1. The van der Waals surface area contributed by atoms with Gasteiger partial charge in [0.1, 0.15) is 5.75 Å². The van der Waals surface area contributed by atoms with Gasteiger partial charge in [0.05, 0.1) is 0 Å². The summed E-state index contributed by atoms with van der Waals surface area (Å²) >= 11 is 1.66. The van der Waals surface area contributed by atoms with Crippen molar-refractivity contribution in [2.24, 2.45) is 0 Å². The number of hydrogen-bond donors (Lipinski definition) is 1. The van der Waals surface area contributed by atoms with E-state index in [0.29, 0.717) is 11.3 Å². The molecule has 0 aromatic heterocycles. The molecule has 0 unspecified atom stereocenters. The third-order valence-electron chi connectivity index (χ3n) is 3.02. The average molecular weight is 328 g/mol. The van der Waals surface area contributed by atoms with Crippen LogP contribution in [0.15, 0.2) is 59.5 Å². The van der Waals surface area contributed by atoms with Gasteiger partial charge in [-0.15, -0.1) is 11.8 Å². The van der Waals surface area contributed by atoms with Crippen LogP contribution in [0.1, 0.15) is 15.9 Å². The van der Waals surface area contributed by atoms with E-state index in [0.717, 1.165) is 10.5 Å². The zero-order valence-electron chi connectivity index (χ0n) is 12.6. The summed E-state index contributed by atoms with van der Waals surface area (Å²) in [7, 11) is 0. The lowest BCUT2D eigenvalue weighted by atomic mass is 10.1. The quantitative estimate of drug-likeness (QED) is 0.476. The molecule has 1 N–H and O–H groups in total. The third kappa shape index (κ3) is 5.30. The molecule has 5 heteroatoms. The maximum Gasteiger partial charge on any atom is 0.341 e. The number of carboxylic acids is 1. The second-order valence-electron chi connectivity index (χ2n) is 4.68. The molecule has 0 radical (unpaired) electrons. The first-order valence-corrected chi connectivity index (χ1v) is 8.12. The van der Waals surface area contributed by atoms with E-state index in [1.807, 2.05) is 30.5 Å². The van der Waals surface area contributed by atoms with Gasteiger partial charge in [0.15, 0.2) is 12.4 Å². The minimum atomic E-state index is -1.06. The predicted octanol–water partition coefficient (Wildman–Crippen LogP) is 3.77. The number of ketones is 1. The van der Waals surface area contributed by atoms with E-state index in [4.69, 9.17) is 9.84 Å². The molecule has 2 aromatic rings. The van der Waals surface area contributed by atoms with E-state index >= 15 is 0 Å². The van der Waals surface area contributed by atoms with Crippen LogP contribution in [-0.4, -0.2) is 29.7 Å². The predicted molar refractivity (Wildman–Crippen MR) is 91.2 cm³/mol. The molecule has 2 aromatic carbocycles. The van der Waals surface area contributed by atoms with Crippen LogP contribution < -0.4 is 4.74 Å². The Morgan fingerprint density at radius 3 is 2.57 bits per heavy atom. The highest BCUT2D eigenvalue weighted by molar-refractivity contribution is 7.98. The number of carboxylic acid groups (broad SMARTS) is 1. The standard InChI is InChI=1S/C18H16O4S/c1-23-16-8-5-13(6-9-16)7-10-17(19)14-3-2-4-15(11-14)22-12-18(20)21/h2-11H,12H2,1H3,(H,20,21)/b10-7+. The summed E-state index contributed by atoms with van der Waals surface area (Å²) in [6, 6.07) is 14.4. The highest BCUT2D eigenvalue weighted by Crippen LogP contribution is 2.17. The molecule has 0 aliphatic rings. The van der Waals surface area contributed by atoms with Crippen LogP contribution in [0.4, 0.5) is 0 Å². The topological polar surface area (TPSA) is 63.6 Å². The Hall–Kier alpha value is -2.53. The van der Waals surface area contributed by atoms with Crippen LogP contribution in [0.25, 0.3) is 6.08 Å². The maximum absolute atomic E-state index is 12.2. The van der Waals surface area contributed by atoms with Crippen molar-refractivity contribution < 1.29 is 19.4 Å². The lowest BCUT2D eigenvalue weighted by Gasteiger charge is -2.04. The highest BCUT2D eigenvalue weighted by atomic mass is 32.2. The summed E-state index contributed by atoms with van der Waals surface area (Å²) in [5.41, 5.74) is 1.39. The SMILES string of the molecule is CSc1ccc(/C=C/C(=O)c2cccc(OCC(=O)O)c2)cc1. The summed E-state index contributed by atoms with van der Waals surface area (Å²) in [5.74, 6) is -0.869. The molecule has 2 rings (SSSR count). The molecule has 0 heterocycles. The van der Waals surface area contributed by atoms with Gasteiger partial charge in [0.25, 0.3) is 0 Å². The van der Waals surface area contributed by atoms with E-state index in [9.17, 15) is 9.59 Å². The largest absolute Gasteiger partial charge is 0.482 e. The van der Waals surface area contributed by atoms with Gasteiger partial charge in [0.2, 0.25) is 0 Å². The van der Waals surface area contributed by atoms with Crippen LogP contribution >= 0.6 is 11.8 Å². The molecule has 0 saturated carbocycles. The van der Waals surface area contributed by atoms with Crippen molar-refractivity contribution in [1.29, 1.82) is 0 Å². The van der Waals surface area contributed by atoms with Crippen LogP contribution in [0.3, 0.4) is 0 Å². The van der Waals surface area contributed by atoms with Crippen molar-refractivity contribution in [3.05, 3.63) is 65.7 Å². The first kappa shape index (κ1) is 16.8. The second kappa shape index (κ2) is 8.19. The average Bonchev–Trinajstić information content (AvgIpc) is 2.58. The molecule has 0 bridgehead atoms. The molecule has 0 spiro atoms. The summed E-state index contributed by atoms with van der Waals surface area (Å²) < 4.78 is 5.07. The smallest absolute Gasteiger partial charge is 0.341 e. The molecular formula is C18H16O4S. The van der Waals surface area contributed by atoms with E-state index in [1.165, 1.54) is 12.1 Å². The summed E-state index contributed by atoms with van der Waals surface area (Å²) in [4.78, 5) is 23.8. The molecule has 0 fully saturated rings. The fourth-order valence-corrected chi connectivity index (χ4v) is 2.28. The zero-order chi connectivity index (χ0) is 16.7. The monoisotopic (exact) mass is 328 g/mol. The Balaban J connectivity index is 2.05. The van der Waals surface area contributed by atoms with Gasteiger partial charge in [0, 0.05) is 10.5 Å². The zero-order valence-corrected chi connectivity index (χ0v) is 13.4. The Morgan fingerprint density at radius 2 is 1.91 bits per heavy atom. The number of allylic oxidation sites excluding steroid dienone is 1. The van der Waals surface area contributed by atoms with Crippen LogP contribution in [-0.2, 0) is 4.79 Å². The molecule has 0 aliphatic carbocycles. The normalized spacial score (nSPS) is 10.7. The van der Waals surface area contributed by atoms with Gasteiger partial charge in [-0.25, -0.2) is 4.79 Å². The number of hydrogen-bond acceptors (Lipinski definition) is 4. The fraction of sp³-hybridized carbons (Fsp3) is 0.111. The Kier molecular flexibility index (Phi) is 6.00. The van der Waals surface area contributed by atoms with Crippen molar-refractivity contribution in [3.63, 3.8) is 0 Å². The van der Waals surface area contributed by atoms with Gasteiger partial charge in [-0.2, -0.15) is 0 Å². The molecule has 118 valence electrons. The number of rotatable bonds is 7. The van der Waals surface area contributed by atoms with Gasteiger partial charge in [-0.05, 0) is 42.2 Å². The van der Waals surface area contributed by atoms with Crippen molar-refractivity contribution in [3.8, 4) is 5.75 Å². The first-order valence-electron chi connectivity index (χ1n) is 6.89. The van der Waals surface area contributed by atoms with E-state index in [-0.39, 0.29) is 5.78 Å². The fourth-order valence-electron chi connectivity index (χ4n) is 1.87. The molecule has 0 aliphatic heterocycles. The number of carbonyl (C=O) groups excluding carboxylic acids is 1. The molecule has 0 atom stereocenters. The number of benzene rings is 2. The van der Waals surface area contributed by atoms with Crippen molar-refractivity contribution in [2.75, 3.05) is 12.9 Å². The number of aliphatic carboxylic acids is 1. The highest BCUT2D eigenvalue weighted by Gasteiger charge is 2.05. The number of carbonyl (C=O) groups is 2. The molecule has 0 amide bonds. The summed E-state index contributed by atoms with van der Waals surface area (Å²) in [5, 5.41) is 8.60. The minimum Gasteiger partial charge on any atom is -0.482 e. The maximum atomic E-state index is 12.2. The van der Waals surface area contributed by atoms with Crippen molar-refractivity contribution >= 4 is 29.6 Å². The van der Waals surface area contributed by atoms with E-state index in [2.05, 4.69) is 0 Å². The van der Waals surface area contributed by atoms with Gasteiger partial charge < -0.3 is 9.84 Å². The summed E-state index contributed by atoms with van der Waals surface area (Å²) in [6.45, 7) is -0.435. The van der Waals surface area contributed by atoms with E-state index in [1.54, 1.807) is 36.0 Å². The Morgan fingerprint density at radius 1 is 1.17 bits per heavy atom. The van der Waals surface area contributed by atoms with E-state index < -0.39 is 12.6 Å². The lowest BCUT2D eigenvalue weighted by molar-refractivity contribution is -0.139. The molecule has 23 heavy (non-hydrogen) atoms. The van der Waals surface area contributed by atoms with Crippen molar-refractivity contribution in [1.82, 2.24) is 0 Å². The molecule has 4 nitrogen and oxygen atoms in total. The van der Waals surface area contributed by atoms with Crippen LogP contribution in [0.5, 0.6) is 5.75 Å². The summed E-state index contributed by atoms with van der Waals surface area (Å²) in [6.07, 6.45) is 5.25. The van der Waals surface area contributed by atoms with Crippen LogP contribution in [0.2, 0.25) is 0 Å². The molecular weight excluding hydrogens is 312 g/mol. The van der Waals surface area contributed by atoms with Crippen LogP contribution in [0, 0.1) is 0 Å². The Bertz CT molecular complexity index is 720. The third-order valence-corrected chi connectivity index (χ3v) is 3.77. The van der Waals surface area contributed by atoms with Gasteiger partial charge in [-0.3, -0.25) is 4.79 Å². The first-order chi connectivity index (χ1) is 11.1. The number of thioether (sulfide) groups is 1. The molecule has 0 saturated heterocycles. The second-order valence-corrected chi connectivity index (χ2v) is 5.56. The Labute approximate surface area is 138 Å². The van der Waals surface area contributed by atoms with Gasteiger partial charge >= 0.3 is 5.97 Å². The van der Waals surface area contributed by atoms with Gasteiger partial charge in [-0.1, -0.05) is 30.3 Å². The minimum absolute atomic E-state index is 0.167.